The van der Waals surface area contributed by atoms with E-state index in [1.54, 1.807) is 4.90 Å². The van der Waals surface area contributed by atoms with Gasteiger partial charge >= 0.3 is 0 Å². The van der Waals surface area contributed by atoms with Gasteiger partial charge in [-0.15, -0.1) is 0 Å². The molecule has 0 unspecified atom stereocenters. The fourth-order valence-electron chi connectivity index (χ4n) is 2.38. The summed E-state index contributed by atoms with van der Waals surface area (Å²) in [5.41, 5.74) is 8.25. The quantitative estimate of drug-likeness (QED) is 0.850. The van der Waals surface area contributed by atoms with E-state index in [-0.39, 0.29) is 5.91 Å². The lowest BCUT2D eigenvalue weighted by Crippen LogP contribution is -2.38. The van der Waals surface area contributed by atoms with Crippen LogP contribution in [0.2, 0.25) is 0 Å². The lowest BCUT2D eigenvalue weighted by molar-refractivity contribution is -0.118. The van der Waals surface area contributed by atoms with Gasteiger partial charge in [-0.1, -0.05) is 30.3 Å². The highest BCUT2D eigenvalue weighted by molar-refractivity contribution is 5.97. The van der Waals surface area contributed by atoms with Crippen LogP contribution in [-0.4, -0.2) is 19.1 Å². The molecule has 102 valence electrons. The van der Waals surface area contributed by atoms with E-state index >= 15 is 0 Å². The molecule has 0 bridgehead atoms. The molecule has 0 spiro atoms. The number of ether oxygens (including phenoxy) is 1. The summed E-state index contributed by atoms with van der Waals surface area (Å²) < 4.78 is 5.56. The maximum absolute atomic E-state index is 12.5. The lowest BCUT2D eigenvalue weighted by Gasteiger charge is -2.29. The van der Waals surface area contributed by atoms with Gasteiger partial charge in [0.25, 0.3) is 0 Å². The summed E-state index contributed by atoms with van der Waals surface area (Å²) in [6, 6.07) is 15.1. The van der Waals surface area contributed by atoms with Gasteiger partial charge < -0.3 is 15.4 Å². The number of nitrogen functional groups attached to an aromatic ring is 1. The maximum Gasteiger partial charge on any atom is 0.231 e. The number of hydrogen-bond donors (Lipinski definition) is 1. The molecule has 1 aliphatic heterocycles. The molecule has 0 aromatic heterocycles. The molecule has 0 saturated carbocycles. The number of para-hydroxylation sites is 3. The molecule has 4 nitrogen and oxygen atoms in total. The number of carbonyl (C=O) groups is 1. The van der Waals surface area contributed by atoms with Gasteiger partial charge in [0, 0.05) is 5.69 Å². The first-order chi connectivity index (χ1) is 9.75. The number of nitrogens with two attached hydrogens (primary N) is 1. The summed E-state index contributed by atoms with van der Waals surface area (Å²) in [5.74, 6) is 0.798. The summed E-state index contributed by atoms with van der Waals surface area (Å²) >= 11 is 0. The number of amides is 1. The van der Waals surface area contributed by atoms with Crippen LogP contribution in [0.4, 0.5) is 11.4 Å². The zero-order valence-electron chi connectivity index (χ0n) is 11.1. The van der Waals surface area contributed by atoms with Crippen LogP contribution in [0.25, 0.3) is 0 Å². The van der Waals surface area contributed by atoms with E-state index in [1.165, 1.54) is 0 Å². The van der Waals surface area contributed by atoms with Crippen LogP contribution in [-0.2, 0) is 11.2 Å². The van der Waals surface area contributed by atoms with Gasteiger partial charge in [-0.05, 0) is 23.8 Å². The second kappa shape index (κ2) is 5.25. The van der Waals surface area contributed by atoms with Gasteiger partial charge in [0.1, 0.15) is 12.4 Å². The van der Waals surface area contributed by atoms with Gasteiger partial charge in [0.2, 0.25) is 5.91 Å². The lowest BCUT2D eigenvalue weighted by atomic mass is 10.1. The van der Waals surface area contributed by atoms with E-state index in [0.29, 0.717) is 25.3 Å². The van der Waals surface area contributed by atoms with E-state index in [0.717, 1.165) is 17.0 Å². The summed E-state index contributed by atoms with van der Waals surface area (Å²) in [6.45, 7) is 1.09. The van der Waals surface area contributed by atoms with Crippen molar-refractivity contribution in [2.45, 2.75) is 6.42 Å². The Hall–Kier alpha value is -2.49. The van der Waals surface area contributed by atoms with E-state index < -0.39 is 0 Å². The van der Waals surface area contributed by atoms with E-state index in [2.05, 4.69) is 0 Å². The Morgan fingerprint density at radius 2 is 1.90 bits per heavy atom. The molecule has 20 heavy (non-hydrogen) atoms. The fourth-order valence-corrected chi connectivity index (χ4v) is 2.38. The first-order valence-electron chi connectivity index (χ1n) is 6.61. The zero-order valence-corrected chi connectivity index (χ0v) is 11.1. The van der Waals surface area contributed by atoms with Gasteiger partial charge in [0.05, 0.1) is 18.7 Å². The third-order valence-corrected chi connectivity index (χ3v) is 3.43. The monoisotopic (exact) mass is 268 g/mol. The van der Waals surface area contributed by atoms with Crippen LogP contribution >= 0.6 is 0 Å². The predicted octanol–water partition coefficient (Wildman–Crippen LogP) is 2.24. The Balaban J connectivity index is 1.84. The SMILES string of the molecule is Nc1ccccc1CC(=O)N1CCOc2ccccc21. The van der Waals surface area contributed by atoms with Crippen molar-refractivity contribution in [2.75, 3.05) is 23.8 Å². The minimum Gasteiger partial charge on any atom is -0.490 e. The van der Waals surface area contributed by atoms with Crippen molar-refractivity contribution in [1.29, 1.82) is 0 Å². The number of hydrogen-bond acceptors (Lipinski definition) is 3. The highest BCUT2D eigenvalue weighted by atomic mass is 16.5. The van der Waals surface area contributed by atoms with Crippen molar-refractivity contribution in [3.8, 4) is 5.75 Å². The molecule has 0 atom stereocenters. The Bertz CT molecular complexity index is 640. The normalized spacial score (nSPS) is 13.5. The second-order valence-electron chi connectivity index (χ2n) is 4.74. The summed E-state index contributed by atoms with van der Waals surface area (Å²) in [6.07, 6.45) is 0.307. The first-order valence-corrected chi connectivity index (χ1v) is 6.61. The zero-order chi connectivity index (χ0) is 13.9. The summed E-state index contributed by atoms with van der Waals surface area (Å²) in [7, 11) is 0. The average molecular weight is 268 g/mol. The molecule has 0 radical (unpaired) electrons. The van der Waals surface area contributed by atoms with Crippen molar-refractivity contribution in [3.63, 3.8) is 0 Å². The largest absolute Gasteiger partial charge is 0.490 e. The van der Waals surface area contributed by atoms with E-state index in [4.69, 9.17) is 10.5 Å². The number of carbonyl (C=O) groups excluding carboxylic acids is 1. The molecule has 1 heterocycles. The third-order valence-electron chi connectivity index (χ3n) is 3.43. The Labute approximate surface area is 117 Å². The third kappa shape index (κ3) is 2.32. The summed E-state index contributed by atoms with van der Waals surface area (Å²) in [4.78, 5) is 14.3. The standard InChI is InChI=1S/C16H16N2O2/c17-13-6-2-1-5-12(13)11-16(19)18-9-10-20-15-8-4-3-7-14(15)18/h1-8H,9-11,17H2. The predicted molar refractivity (Wildman–Crippen MR) is 78.8 cm³/mol. The van der Waals surface area contributed by atoms with Gasteiger partial charge in [-0.3, -0.25) is 4.79 Å². The molecule has 0 saturated heterocycles. The minimum absolute atomic E-state index is 0.0404. The molecule has 2 aromatic carbocycles. The molecular weight excluding hydrogens is 252 g/mol. The van der Waals surface area contributed by atoms with Crippen LogP contribution in [0.5, 0.6) is 5.75 Å². The number of nitrogens with zero attached hydrogens (tertiary/aromatic N) is 1. The Kier molecular flexibility index (Phi) is 3.29. The smallest absolute Gasteiger partial charge is 0.231 e. The van der Waals surface area contributed by atoms with Crippen LogP contribution < -0.4 is 15.4 Å². The topological polar surface area (TPSA) is 55.6 Å². The van der Waals surface area contributed by atoms with Crippen LogP contribution in [0.1, 0.15) is 5.56 Å². The molecule has 0 aliphatic carbocycles. The molecule has 1 aliphatic rings. The van der Waals surface area contributed by atoms with Crippen LogP contribution in [0.15, 0.2) is 48.5 Å². The average Bonchev–Trinajstić information content (AvgIpc) is 2.49. The molecule has 0 fully saturated rings. The molecular formula is C16H16N2O2. The maximum atomic E-state index is 12.5. The van der Waals surface area contributed by atoms with Crippen molar-refractivity contribution in [2.24, 2.45) is 0 Å². The first kappa shape index (κ1) is 12.5. The van der Waals surface area contributed by atoms with Gasteiger partial charge in [0.15, 0.2) is 0 Å². The fraction of sp³-hybridized carbons (Fsp3) is 0.188. The van der Waals surface area contributed by atoms with Gasteiger partial charge in [-0.25, -0.2) is 0 Å². The van der Waals surface area contributed by atoms with Crippen molar-refractivity contribution >= 4 is 17.3 Å². The van der Waals surface area contributed by atoms with Crippen molar-refractivity contribution in [1.82, 2.24) is 0 Å². The molecule has 4 heteroatoms. The molecule has 2 N–H and O–H groups in total. The highest BCUT2D eigenvalue weighted by Gasteiger charge is 2.23. The molecule has 1 amide bonds. The van der Waals surface area contributed by atoms with Crippen molar-refractivity contribution in [3.05, 3.63) is 54.1 Å². The second-order valence-corrected chi connectivity index (χ2v) is 4.74. The van der Waals surface area contributed by atoms with E-state index in [9.17, 15) is 4.79 Å². The number of benzene rings is 2. The minimum atomic E-state index is 0.0404. The van der Waals surface area contributed by atoms with Crippen LogP contribution in [0.3, 0.4) is 0 Å². The van der Waals surface area contributed by atoms with Crippen molar-refractivity contribution < 1.29 is 9.53 Å². The number of rotatable bonds is 2. The summed E-state index contributed by atoms with van der Waals surface area (Å²) in [5, 5.41) is 0. The molecule has 2 aromatic rings. The van der Waals surface area contributed by atoms with Crippen LogP contribution in [0, 0.1) is 0 Å². The van der Waals surface area contributed by atoms with E-state index in [1.807, 2.05) is 48.5 Å². The van der Waals surface area contributed by atoms with Gasteiger partial charge in [-0.2, -0.15) is 0 Å². The Morgan fingerprint density at radius 1 is 1.15 bits per heavy atom. The Morgan fingerprint density at radius 3 is 2.75 bits per heavy atom. The number of fused-ring (bicyclic) bond motifs is 1. The highest BCUT2D eigenvalue weighted by Crippen LogP contribution is 2.31. The number of anilines is 2. The molecule has 3 rings (SSSR count).